The second-order valence-electron chi connectivity index (χ2n) is 7.08. The maximum absolute atomic E-state index is 14.1. The first-order valence-electron chi connectivity index (χ1n) is 9.15. The van der Waals surface area contributed by atoms with Crippen LogP contribution in [0.15, 0.2) is 48.5 Å². The molecule has 28 heavy (non-hydrogen) atoms. The molecule has 152 valence electrons. The Morgan fingerprint density at radius 1 is 1.11 bits per heavy atom. The summed E-state index contributed by atoms with van der Waals surface area (Å²) < 4.78 is 51.1. The molecule has 0 spiro atoms. The monoisotopic (exact) mass is 410 g/mol. The van der Waals surface area contributed by atoms with Gasteiger partial charge >= 0.3 is 0 Å². The van der Waals surface area contributed by atoms with Crippen molar-refractivity contribution in [2.45, 2.75) is 25.2 Å². The second-order valence-corrected chi connectivity index (χ2v) is 9.23. The Morgan fingerprint density at radius 3 is 2.57 bits per heavy atom. The van der Waals surface area contributed by atoms with Crippen LogP contribution in [0.5, 0.6) is 0 Å². The van der Waals surface area contributed by atoms with E-state index in [-0.39, 0.29) is 29.7 Å². The lowest BCUT2D eigenvalue weighted by molar-refractivity contribution is 0.0779. The topological polar surface area (TPSA) is 69.6 Å². The third kappa shape index (κ3) is 5.57. The summed E-state index contributed by atoms with van der Waals surface area (Å²) in [5.41, 5.74) is 1.24. The number of sulfone groups is 1. The van der Waals surface area contributed by atoms with Gasteiger partial charge in [0, 0.05) is 31.7 Å². The van der Waals surface area contributed by atoms with Crippen molar-refractivity contribution >= 4 is 9.84 Å². The molecule has 1 aliphatic heterocycles. The molecule has 2 atom stereocenters. The summed E-state index contributed by atoms with van der Waals surface area (Å²) in [5.74, 6) is -1.09. The summed E-state index contributed by atoms with van der Waals surface area (Å²) in [7, 11) is -3.32. The van der Waals surface area contributed by atoms with E-state index in [1.807, 2.05) is 0 Å². The summed E-state index contributed by atoms with van der Waals surface area (Å²) in [5, 5.41) is 13.4. The van der Waals surface area contributed by atoms with Crippen molar-refractivity contribution in [3.8, 4) is 0 Å². The molecule has 5 nitrogen and oxygen atoms in total. The normalized spacial score (nSPS) is 21.3. The Kier molecular flexibility index (Phi) is 6.77. The van der Waals surface area contributed by atoms with Gasteiger partial charge in [0.1, 0.15) is 11.6 Å². The van der Waals surface area contributed by atoms with Gasteiger partial charge in [0.2, 0.25) is 0 Å². The minimum atomic E-state index is -3.32. The van der Waals surface area contributed by atoms with Crippen LogP contribution in [0.1, 0.15) is 11.1 Å². The molecule has 0 unspecified atom stereocenters. The van der Waals surface area contributed by atoms with Crippen molar-refractivity contribution in [3.05, 3.63) is 71.3 Å². The molecule has 2 aromatic rings. The van der Waals surface area contributed by atoms with E-state index in [4.69, 9.17) is 0 Å². The fourth-order valence-electron chi connectivity index (χ4n) is 3.47. The summed E-state index contributed by atoms with van der Waals surface area (Å²) in [6.45, 7) is 1.55. The number of hydrogen-bond donors (Lipinski definition) is 2. The van der Waals surface area contributed by atoms with Gasteiger partial charge in [-0.05, 0) is 23.8 Å². The predicted octanol–water partition coefficient (Wildman–Crippen LogP) is 1.71. The van der Waals surface area contributed by atoms with Gasteiger partial charge in [0.15, 0.2) is 9.84 Å². The lowest BCUT2D eigenvalue weighted by atomic mass is 10.1. The van der Waals surface area contributed by atoms with E-state index in [1.165, 1.54) is 18.2 Å². The van der Waals surface area contributed by atoms with Gasteiger partial charge in [0.05, 0.1) is 23.7 Å². The van der Waals surface area contributed by atoms with Gasteiger partial charge in [-0.15, -0.1) is 0 Å². The molecule has 0 radical (unpaired) electrons. The van der Waals surface area contributed by atoms with Crippen molar-refractivity contribution in [1.29, 1.82) is 0 Å². The number of benzene rings is 2. The second kappa shape index (κ2) is 9.09. The average Bonchev–Trinajstić information content (AvgIpc) is 2.92. The van der Waals surface area contributed by atoms with Crippen molar-refractivity contribution in [2.75, 3.05) is 24.6 Å². The zero-order valence-corrected chi connectivity index (χ0v) is 16.2. The molecule has 0 aromatic heterocycles. The van der Waals surface area contributed by atoms with Gasteiger partial charge < -0.3 is 10.4 Å². The number of halogens is 2. The molecule has 1 saturated heterocycles. The molecule has 1 fully saturated rings. The van der Waals surface area contributed by atoms with Crippen LogP contribution in [0.25, 0.3) is 0 Å². The number of hydrogen-bond acceptors (Lipinski definition) is 5. The summed E-state index contributed by atoms with van der Waals surface area (Å²) in [6, 6.07) is 12.0. The molecular weight excluding hydrogens is 386 g/mol. The number of aliphatic hydroxyl groups excluding tert-OH is 1. The molecule has 0 bridgehead atoms. The largest absolute Gasteiger partial charge is 0.390 e. The SMILES string of the molecule is O=S1(=O)C[C@H](O)[C@@H](N(CCNCc2cccc(F)c2)Cc2ccccc2F)C1. The Bertz CT molecular complexity index is 908. The third-order valence-electron chi connectivity index (χ3n) is 4.89. The van der Waals surface area contributed by atoms with Crippen molar-refractivity contribution < 1.29 is 22.3 Å². The molecule has 0 amide bonds. The molecule has 2 N–H and O–H groups in total. The standard InChI is InChI=1S/C20H24F2N2O3S/c21-17-6-3-4-15(10-17)11-23-8-9-24(12-16-5-1-2-7-18(16)22)19-13-28(26,27)14-20(19)25/h1-7,10,19-20,23,25H,8-9,11-14H2/t19-,20-/m0/s1. The number of nitrogens with zero attached hydrogens (tertiary/aromatic N) is 1. The zero-order valence-electron chi connectivity index (χ0n) is 15.4. The number of nitrogens with one attached hydrogen (secondary N) is 1. The first-order chi connectivity index (χ1) is 13.3. The van der Waals surface area contributed by atoms with Crippen molar-refractivity contribution in [1.82, 2.24) is 10.2 Å². The molecular formula is C20H24F2N2O3S. The van der Waals surface area contributed by atoms with E-state index in [2.05, 4.69) is 5.32 Å². The average molecular weight is 410 g/mol. The number of aliphatic hydroxyl groups is 1. The van der Waals surface area contributed by atoms with Crippen LogP contribution in [0.3, 0.4) is 0 Å². The minimum absolute atomic E-state index is 0.146. The lowest BCUT2D eigenvalue weighted by Crippen LogP contribution is -2.45. The van der Waals surface area contributed by atoms with Gasteiger partial charge in [-0.3, -0.25) is 4.90 Å². The van der Waals surface area contributed by atoms with E-state index < -0.39 is 22.0 Å². The highest BCUT2D eigenvalue weighted by Gasteiger charge is 2.39. The first-order valence-corrected chi connectivity index (χ1v) is 11.0. The van der Waals surface area contributed by atoms with Crippen LogP contribution in [0.4, 0.5) is 8.78 Å². The smallest absolute Gasteiger partial charge is 0.154 e. The Labute approximate surface area is 163 Å². The quantitative estimate of drug-likeness (QED) is 0.649. The van der Waals surface area contributed by atoms with Crippen molar-refractivity contribution in [2.24, 2.45) is 0 Å². The van der Waals surface area contributed by atoms with E-state index in [1.54, 1.807) is 35.2 Å². The highest BCUT2D eigenvalue weighted by molar-refractivity contribution is 7.91. The molecule has 3 rings (SSSR count). The summed E-state index contributed by atoms with van der Waals surface area (Å²) in [6.07, 6.45) is -1.00. The van der Waals surface area contributed by atoms with Crippen LogP contribution < -0.4 is 5.32 Å². The van der Waals surface area contributed by atoms with E-state index in [0.717, 1.165) is 5.56 Å². The zero-order chi connectivity index (χ0) is 20.1. The van der Waals surface area contributed by atoms with Crippen LogP contribution >= 0.6 is 0 Å². The highest BCUT2D eigenvalue weighted by atomic mass is 32.2. The summed E-state index contributed by atoms with van der Waals surface area (Å²) >= 11 is 0. The highest BCUT2D eigenvalue weighted by Crippen LogP contribution is 2.21. The third-order valence-corrected chi connectivity index (χ3v) is 6.59. The molecule has 8 heteroatoms. The molecule has 1 heterocycles. The van der Waals surface area contributed by atoms with Crippen molar-refractivity contribution in [3.63, 3.8) is 0 Å². The van der Waals surface area contributed by atoms with Gasteiger partial charge in [-0.1, -0.05) is 30.3 Å². The lowest BCUT2D eigenvalue weighted by Gasteiger charge is -2.30. The van der Waals surface area contributed by atoms with Gasteiger partial charge in [-0.25, -0.2) is 17.2 Å². The van der Waals surface area contributed by atoms with Crippen LogP contribution in [0.2, 0.25) is 0 Å². The Balaban J connectivity index is 1.65. The maximum Gasteiger partial charge on any atom is 0.154 e. The van der Waals surface area contributed by atoms with E-state index in [9.17, 15) is 22.3 Å². The van der Waals surface area contributed by atoms with Gasteiger partial charge in [0.25, 0.3) is 0 Å². The molecule has 1 aliphatic rings. The Hall–Kier alpha value is -1.87. The predicted molar refractivity (Wildman–Crippen MR) is 103 cm³/mol. The minimum Gasteiger partial charge on any atom is -0.390 e. The summed E-state index contributed by atoms with van der Waals surface area (Å²) in [4.78, 5) is 1.80. The maximum atomic E-state index is 14.1. The van der Waals surface area contributed by atoms with E-state index in [0.29, 0.717) is 25.2 Å². The van der Waals surface area contributed by atoms with E-state index >= 15 is 0 Å². The number of rotatable bonds is 8. The fourth-order valence-corrected chi connectivity index (χ4v) is 5.30. The van der Waals surface area contributed by atoms with Crippen LogP contribution in [0, 0.1) is 11.6 Å². The van der Waals surface area contributed by atoms with Crippen LogP contribution in [-0.4, -0.2) is 55.2 Å². The van der Waals surface area contributed by atoms with Gasteiger partial charge in [-0.2, -0.15) is 0 Å². The van der Waals surface area contributed by atoms with Crippen LogP contribution in [-0.2, 0) is 22.9 Å². The Morgan fingerprint density at radius 2 is 1.89 bits per heavy atom. The molecule has 2 aromatic carbocycles. The first kappa shape index (κ1) is 20.9. The molecule has 0 aliphatic carbocycles. The molecule has 0 saturated carbocycles. The fraction of sp³-hybridized carbons (Fsp3) is 0.400.